The molecular weight excluding hydrogens is 288 g/mol. The van der Waals surface area contributed by atoms with E-state index in [4.69, 9.17) is 0 Å². The van der Waals surface area contributed by atoms with Crippen LogP contribution in [0.25, 0.3) is 0 Å². The highest BCUT2D eigenvalue weighted by molar-refractivity contribution is 7.92. The van der Waals surface area contributed by atoms with Crippen LogP contribution in [0.5, 0.6) is 0 Å². The summed E-state index contributed by atoms with van der Waals surface area (Å²) in [4.78, 5) is 12.2. The molecule has 1 saturated heterocycles. The summed E-state index contributed by atoms with van der Waals surface area (Å²) in [6.45, 7) is 1.19. The lowest BCUT2D eigenvalue weighted by Crippen LogP contribution is -2.34. The van der Waals surface area contributed by atoms with Crippen LogP contribution in [0.3, 0.4) is 0 Å². The van der Waals surface area contributed by atoms with E-state index in [-0.39, 0.29) is 18.2 Å². The van der Waals surface area contributed by atoms with Crippen molar-refractivity contribution in [2.75, 3.05) is 24.2 Å². The van der Waals surface area contributed by atoms with Crippen molar-refractivity contribution >= 4 is 21.4 Å². The first-order chi connectivity index (χ1) is 10.1. The summed E-state index contributed by atoms with van der Waals surface area (Å²) in [5, 5.41) is 5.65. The standard InChI is InChI=1S/C15H20N2O3S/c18-15(17-10-13-4-2-8-21(13,19)20)12-5-6-14-11(9-12)3-1-7-16-14/h5-6,9,13,16H,1-4,7-8,10H2,(H,17,18). The number of benzene rings is 1. The maximum absolute atomic E-state index is 12.2. The SMILES string of the molecule is O=C(NCC1CCCS1(=O)=O)c1ccc2c(c1)CCCN2. The zero-order chi connectivity index (χ0) is 14.9. The summed E-state index contributed by atoms with van der Waals surface area (Å²) in [7, 11) is -3.00. The van der Waals surface area contributed by atoms with Gasteiger partial charge in [0, 0.05) is 24.3 Å². The molecule has 21 heavy (non-hydrogen) atoms. The fourth-order valence-corrected chi connectivity index (χ4v) is 4.78. The Labute approximate surface area is 125 Å². The Morgan fingerprint density at radius 3 is 2.95 bits per heavy atom. The highest BCUT2D eigenvalue weighted by atomic mass is 32.2. The first-order valence-electron chi connectivity index (χ1n) is 7.43. The summed E-state index contributed by atoms with van der Waals surface area (Å²) < 4.78 is 23.5. The topological polar surface area (TPSA) is 75.3 Å². The molecule has 6 heteroatoms. The minimum atomic E-state index is -3.00. The molecule has 1 unspecified atom stereocenters. The number of fused-ring (bicyclic) bond motifs is 1. The molecule has 1 aromatic carbocycles. The number of sulfone groups is 1. The summed E-state index contributed by atoms with van der Waals surface area (Å²) in [6, 6.07) is 5.62. The maximum atomic E-state index is 12.2. The molecule has 114 valence electrons. The second kappa shape index (κ2) is 5.67. The zero-order valence-corrected chi connectivity index (χ0v) is 12.7. The average molecular weight is 308 g/mol. The van der Waals surface area contributed by atoms with Gasteiger partial charge in [-0.1, -0.05) is 0 Å². The van der Waals surface area contributed by atoms with Gasteiger partial charge in [-0.25, -0.2) is 8.42 Å². The monoisotopic (exact) mass is 308 g/mol. The lowest BCUT2D eigenvalue weighted by molar-refractivity contribution is 0.0953. The second-order valence-electron chi connectivity index (χ2n) is 5.74. The first kappa shape index (κ1) is 14.4. The molecule has 0 saturated carbocycles. The van der Waals surface area contributed by atoms with Crippen LogP contribution >= 0.6 is 0 Å². The minimum Gasteiger partial charge on any atom is -0.385 e. The Hall–Kier alpha value is -1.56. The Morgan fingerprint density at radius 2 is 2.19 bits per heavy atom. The Morgan fingerprint density at radius 1 is 1.33 bits per heavy atom. The van der Waals surface area contributed by atoms with Crippen molar-refractivity contribution in [1.29, 1.82) is 0 Å². The summed E-state index contributed by atoms with van der Waals surface area (Å²) >= 11 is 0. The summed E-state index contributed by atoms with van der Waals surface area (Å²) in [6.07, 6.45) is 3.39. The third-order valence-corrected chi connectivity index (χ3v) is 6.53. The van der Waals surface area contributed by atoms with Gasteiger partial charge in [0.2, 0.25) is 0 Å². The number of nitrogens with one attached hydrogen (secondary N) is 2. The predicted molar refractivity (Wildman–Crippen MR) is 82.4 cm³/mol. The van der Waals surface area contributed by atoms with E-state index in [0.29, 0.717) is 18.4 Å². The fourth-order valence-electron chi connectivity index (χ4n) is 3.01. The number of carbonyl (C=O) groups is 1. The molecule has 1 aromatic rings. The Kier molecular flexibility index (Phi) is 3.89. The molecule has 2 N–H and O–H groups in total. The van der Waals surface area contributed by atoms with Gasteiger partial charge < -0.3 is 10.6 Å². The van der Waals surface area contributed by atoms with Crippen molar-refractivity contribution < 1.29 is 13.2 Å². The largest absolute Gasteiger partial charge is 0.385 e. The molecule has 5 nitrogen and oxygen atoms in total. The van der Waals surface area contributed by atoms with E-state index in [2.05, 4.69) is 10.6 Å². The van der Waals surface area contributed by atoms with E-state index < -0.39 is 15.1 Å². The number of hydrogen-bond acceptors (Lipinski definition) is 4. The summed E-state index contributed by atoms with van der Waals surface area (Å²) in [5.41, 5.74) is 2.85. The third kappa shape index (κ3) is 3.05. The van der Waals surface area contributed by atoms with Crippen molar-refractivity contribution in [3.05, 3.63) is 29.3 Å². The molecule has 0 spiro atoms. The predicted octanol–water partition coefficient (Wildman–Crippen LogP) is 1.35. The van der Waals surface area contributed by atoms with Gasteiger partial charge in [-0.05, 0) is 49.4 Å². The number of amides is 1. The first-order valence-corrected chi connectivity index (χ1v) is 9.14. The Balaban J connectivity index is 1.66. The van der Waals surface area contributed by atoms with Gasteiger partial charge in [-0.2, -0.15) is 0 Å². The molecule has 2 aliphatic heterocycles. The summed E-state index contributed by atoms with van der Waals surface area (Å²) in [5.74, 6) is 0.0587. The van der Waals surface area contributed by atoms with Crippen LogP contribution in [0.4, 0.5) is 5.69 Å². The fraction of sp³-hybridized carbons (Fsp3) is 0.533. The molecule has 0 aliphatic carbocycles. The second-order valence-corrected chi connectivity index (χ2v) is 8.14. The number of carbonyl (C=O) groups excluding carboxylic acids is 1. The van der Waals surface area contributed by atoms with Crippen LogP contribution in [0.1, 0.15) is 35.2 Å². The van der Waals surface area contributed by atoms with Crippen molar-refractivity contribution in [2.45, 2.75) is 30.9 Å². The van der Waals surface area contributed by atoms with E-state index in [0.717, 1.165) is 30.6 Å². The molecular formula is C15H20N2O3S. The molecule has 0 bridgehead atoms. The quantitative estimate of drug-likeness (QED) is 0.884. The molecule has 1 fully saturated rings. The number of rotatable bonds is 3. The maximum Gasteiger partial charge on any atom is 0.251 e. The van der Waals surface area contributed by atoms with E-state index in [1.807, 2.05) is 12.1 Å². The van der Waals surface area contributed by atoms with E-state index in [1.165, 1.54) is 0 Å². The van der Waals surface area contributed by atoms with Crippen LogP contribution in [0, 0.1) is 0 Å². The molecule has 1 atom stereocenters. The lowest BCUT2D eigenvalue weighted by Gasteiger charge is -2.18. The molecule has 0 radical (unpaired) electrons. The Bertz CT molecular complexity index is 655. The molecule has 2 heterocycles. The number of hydrogen-bond donors (Lipinski definition) is 2. The third-order valence-electron chi connectivity index (χ3n) is 4.26. The molecule has 0 aromatic heterocycles. The normalized spacial score (nSPS) is 23.1. The molecule has 2 aliphatic rings. The van der Waals surface area contributed by atoms with Gasteiger partial charge in [-0.3, -0.25) is 4.79 Å². The molecule has 3 rings (SSSR count). The van der Waals surface area contributed by atoms with Gasteiger partial charge in [0.25, 0.3) is 5.91 Å². The van der Waals surface area contributed by atoms with Gasteiger partial charge in [-0.15, -0.1) is 0 Å². The number of aryl methyl sites for hydroxylation is 1. The van der Waals surface area contributed by atoms with Gasteiger partial charge in [0.05, 0.1) is 11.0 Å². The highest BCUT2D eigenvalue weighted by Crippen LogP contribution is 2.23. The van der Waals surface area contributed by atoms with Crippen LogP contribution < -0.4 is 10.6 Å². The van der Waals surface area contributed by atoms with Crippen LogP contribution in [0.15, 0.2) is 18.2 Å². The van der Waals surface area contributed by atoms with E-state index >= 15 is 0 Å². The van der Waals surface area contributed by atoms with Crippen molar-refractivity contribution in [2.24, 2.45) is 0 Å². The van der Waals surface area contributed by atoms with Gasteiger partial charge >= 0.3 is 0 Å². The van der Waals surface area contributed by atoms with E-state index in [1.54, 1.807) is 6.07 Å². The van der Waals surface area contributed by atoms with E-state index in [9.17, 15) is 13.2 Å². The highest BCUT2D eigenvalue weighted by Gasteiger charge is 2.31. The van der Waals surface area contributed by atoms with Gasteiger partial charge in [0.1, 0.15) is 0 Å². The van der Waals surface area contributed by atoms with Crippen LogP contribution in [0.2, 0.25) is 0 Å². The van der Waals surface area contributed by atoms with Crippen molar-refractivity contribution in [3.8, 4) is 0 Å². The average Bonchev–Trinajstić information content (AvgIpc) is 2.83. The zero-order valence-electron chi connectivity index (χ0n) is 11.9. The van der Waals surface area contributed by atoms with Crippen LogP contribution in [-0.4, -0.2) is 38.4 Å². The smallest absolute Gasteiger partial charge is 0.251 e. The van der Waals surface area contributed by atoms with Crippen molar-refractivity contribution in [1.82, 2.24) is 5.32 Å². The van der Waals surface area contributed by atoms with Crippen LogP contribution in [-0.2, 0) is 16.3 Å². The van der Waals surface area contributed by atoms with Gasteiger partial charge in [0.15, 0.2) is 9.84 Å². The lowest BCUT2D eigenvalue weighted by atomic mass is 10.0. The number of anilines is 1. The van der Waals surface area contributed by atoms with Crippen molar-refractivity contribution in [3.63, 3.8) is 0 Å². The minimum absolute atomic E-state index is 0.189. The molecule has 1 amide bonds.